The van der Waals surface area contributed by atoms with Crippen molar-refractivity contribution in [3.63, 3.8) is 0 Å². The summed E-state index contributed by atoms with van der Waals surface area (Å²) < 4.78 is 38.7. The van der Waals surface area contributed by atoms with Crippen molar-refractivity contribution in [3.05, 3.63) is 65.2 Å². The molecule has 1 N–H and O–H groups in total. The monoisotopic (exact) mass is 422 g/mol. The lowest BCUT2D eigenvalue weighted by molar-refractivity contribution is -0.137. The topological polar surface area (TPSA) is 49.4 Å². The number of amides is 2. The maximum absolute atomic E-state index is 13.0. The van der Waals surface area contributed by atoms with E-state index in [1.54, 1.807) is 11.0 Å². The minimum atomic E-state index is -4.43. The number of benzene rings is 2. The van der Waals surface area contributed by atoms with Crippen LogP contribution in [0.1, 0.15) is 23.6 Å². The van der Waals surface area contributed by atoms with E-state index in [-0.39, 0.29) is 17.6 Å². The van der Waals surface area contributed by atoms with Gasteiger partial charge in [0.05, 0.1) is 5.56 Å². The minimum Gasteiger partial charge on any atom is -0.344 e. The molecule has 154 valence electrons. The summed E-state index contributed by atoms with van der Waals surface area (Å²) in [6.07, 6.45) is -3.69. The number of hydrogen-bond donors (Lipinski definition) is 1. The first-order chi connectivity index (χ1) is 13.7. The molecule has 0 radical (unpaired) electrons. The second kappa shape index (κ2) is 8.90. The van der Waals surface area contributed by atoms with E-state index in [0.717, 1.165) is 35.9 Å². The Labute approximate surface area is 171 Å². The number of fused-ring (bicyclic) bond motifs is 1. The largest absolute Gasteiger partial charge is 0.416 e. The van der Waals surface area contributed by atoms with Crippen LogP contribution in [-0.4, -0.2) is 35.1 Å². The van der Waals surface area contributed by atoms with Gasteiger partial charge in [0.25, 0.3) is 0 Å². The molecule has 4 nitrogen and oxygen atoms in total. The summed E-state index contributed by atoms with van der Waals surface area (Å²) in [6, 6.07) is 12.0. The van der Waals surface area contributed by atoms with Crippen molar-refractivity contribution in [1.82, 2.24) is 10.2 Å². The highest BCUT2D eigenvalue weighted by Crippen LogP contribution is 2.32. The van der Waals surface area contributed by atoms with Crippen LogP contribution < -0.4 is 5.32 Å². The average Bonchev–Trinajstić information content (AvgIpc) is 2.69. The van der Waals surface area contributed by atoms with Crippen LogP contribution in [0.3, 0.4) is 0 Å². The number of thioether (sulfide) groups is 1. The highest BCUT2D eigenvalue weighted by molar-refractivity contribution is 7.99. The molecule has 2 aromatic rings. The van der Waals surface area contributed by atoms with Crippen LogP contribution >= 0.6 is 11.8 Å². The fourth-order valence-electron chi connectivity index (χ4n) is 3.27. The van der Waals surface area contributed by atoms with Crippen molar-refractivity contribution in [1.29, 1.82) is 0 Å². The number of rotatable bonds is 5. The third kappa shape index (κ3) is 5.53. The van der Waals surface area contributed by atoms with Crippen LogP contribution in [0.5, 0.6) is 0 Å². The van der Waals surface area contributed by atoms with E-state index < -0.39 is 17.8 Å². The second-order valence-corrected chi connectivity index (χ2v) is 7.96. The van der Waals surface area contributed by atoms with E-state index >= 15 is 0 Å². The molecule has 2 aromatic carbocycles. The van der Waals surface area contributed by atoms with E-state index in [1.165, 1.54) is 18.6 Å². The van der Waals surface area contributed by atoms with Gasteiger partial charge < -0.3 is 10.2 Å². The number of nitrogens with one attached hydrogen (secondary N) is 1. The van der Waals surface area contributed by atoms with Gasteiger partial charge in [-0.1, -0.05) is 30.3 Å². The van der Waals surface area contributed by atoms with Crippen molar-refractivity contribution in [2.75, 3.05) is 12.3 Å². The molecule has 0 aliphatic carbocycles. The molecular weight excluding hydrogens is 401 g/mol. The van der Waals surface area contributed by atoms with Gasteiger partial charge in [-0.2, -0.15) is 13.2 Å². The van der Waals surface area contributed by atoms with Gasteiger partial charge in [-0.3, -0.25) is 9.59 Å². The molecule has 0 saturated carbocycles. The van der Waals surface area contributed by atoms with Crippen LogP contribution in [-0.2, 0) is 28.7 Å². The summed E-state index contributed by atoms with van der Waals surface area (Å²) in [7, 11) is 0. The Hall–Kier alpha value is -2.48. The second-order valence-electron chi connectivity index (χ2n) is 6.87. The van der Waals surface area contributed by atoms with Gasteiger partial charge in [-0.05, 0) is 35.7 Å². The van der Waals surface area contributed by atoms with Crippen molar-refractivity contribution in [2.45, 2.75) is 37.0 Å². The first-order valence-corrected chi connectivity index (χ1v) is 10.2. The smallest absolute Gasteiger partial charge is 0.344 e. The third-order valence-electron chi connectivity index (χ3n) is 4.70. The first kappa shape index (κ1) is 21.2. The van der Waals surface area contributed by atoms with E-state index in [0.29, 0.717) is 18.0 Å². The van der Waals surface area contributed by atoms with Crippen LogP contribution in [0, 0.1) is 0 Å². The predicted molar refractivity (Wildman–Crippen MR) is 105 cm³/mol. The Balaban J connectivity index is 1.70. The molecule has 29 heavy (non-hydrogen) atoms. The maximum atomic E-state index is 13.0. The van der Waals surface area contributed by atoms with E-state index in [4.69, 9.17) is 0 Å². The highest BCUT2D eigenvalue weighted by atomic mass is 32.2. The quantitative estimate of drug-likeness (QED) is 0.744. The molecule has 8 heteroatoms. The fraction of sp³-hybridized carbons (Fsp3) is 0.333. The number of carbonyl (C=O) groups excluding carboxylic acids is 2. The maximum Gasteiger partial charge on any atom is 0.416 e. The summed E-state index contributed by atoms with van der Waals surface area (Å²) in [5, 5.41) is 2.64. The zero-order valence-corrected chi connectivity index (χ0v) is 16.6. The van der Waals surface area contributed by atoms with E-state index in [1.807, 2.05) is 24.3 Å². The molecule has 0 aromatic heterocycles. The lowest BCUT2D eigenvalue weighted by Crippen LogP contribution is -2.50. The number of alkyl halides is 3. The standard InChI is InChI=1S/C21H21F3N2O2S/c1-14(27)25-19(13-29-18-8-4-7-17(11-18)21(22,23)24)20(28)26-10-9-15-5-2-3-6-16(15)12-26/h2-8,11,19H,9-10,12-13H2,1H3,(H,25,27). The first-order valence-electron chi connectivity index (χ1n) is 9.17. The number of carbonyl (C=O) groups is 2. The van der Waals surface area contributed by atoms with Crippen LogP contribution in [0.2, 0.25) is 0 Å². The van der Waals surface area contributed by atoms with Crippen molar-refractivity contribution < 1.29 is 22.8 Å². The molecular formula is C21H21F3N2O2S. The van der Waals surface area contributed by atoms with Gasteiger partial charge in [-0.25, -0.2) is 0 Å². The Morgan fingerprint density at radius 2 is 1.86 bits per heavy atom. The zero-order valence-electron chi connectivity index (χ0n) is 15.8. The van der Waals surface area contributed by atoms with Crippen LogP contribution in [0.25, 0.3) is 0 Å². The lowest BCUT2D eigenvalue weighted by atomic mass is 9.99. The van der Waals surface area contributed by atoms with Gasteiger partial charge in [-0.15, -0.1) is 11.8 Å². The zero-order chi connectivity index (χ0) is 21.0. The Morgan fingerprint density at radius 3 is 2.55 bits per heavy atom. The fourth-order valence-corrected chi connectivity index (χ4v) is 4.24. The summed E-state index contributed by atoms with van der Waals surface area (Å²) in [5.74, 6) is -0.433. The Kier molecular flexibility index (Phi) is 6.52. The number of hydrogen-bond acceptors (Lipinski definition) is 3. The van der Waals surface area contributed by atoms with Gasteiger partial charge >= 0.3 is 6.18 Å². The number of halogens is 3. The SMILES string of the molecule is CC(=O)NC(CSc1cccc(C(F)(F)F)c1)C(=O)N1CCc2ccccc2C1. The van der Waals surface area contributed by atoms with Gasteiger partial charge in [0, 0.05) is 30.7 Å². The Morgan fingerprint density at radius 1 is 1.14 bits per heavy atom. The molecule has 2 amide bonds. The molecule has 0 spiro atoms. The summed E-state index contributed by atoms with van der Waals surface area (Å²) in [6.45, 7) is 2.32. The molecule has 1 aliphatic rings. The summed E-state index contributed by atoms with van der Waals surface area (Å²) >= 11 is 1.12. The molecule has 0 saturated heterocycles. The normalized spacial score (nSPS) is 14.8. The molecule has 0 bridgehead atoms. The van der Waals surface area contributed by atoms with Gasteiger partial charge in [0.2, 0.25) is 11.8 Å². The molecule has 1 atom stereocenters. The highest BCUT2D eigenvalue weighted by Gasteiger charge is 2.31. The van der Waals surface area contributed by atoms with Crippen molar-refractivity contribution in [2.24, 2.45) is 0 Å². The van der Waals surface area contributed by atoms with Crippen molar-refractivity contribution in [3.8, 4) is 0 Å². The predicted octanol–water partition coefficient (Wildman–Crippen LogP) is 3.89. The average molecular weight is 422 g/mol. The van der Waals surface area contributed by atoms with Gasteiger partial charge in [0.1, 0.15) is 6.04 Å². The van der Waals surface area contributed by atoms with E-state index in [2.05, 4.69) is 5.32 Å². The minimum absolute atomic E-state index is 0.151. The molecule has 3 rings (SSSR count). The van der Waals surface area contributed by atoms with Gasteiger partial charge in [0.15, 0.2) is 0 Å². The molecule has 1 aliphatic heterocycles. The Bertz CT molecular complexity index is 901. The summed E-state index contributed by atoms with van der Waals surface area (Å²) in [4.78, 5) is 26.7. The van der Waals surface area contributed by atoms with Crippen molar-refractivity contribution >= 4 is 23.6 Å². The van der Waals surface area contributed by atoms with Crippen LogP contribution in [0.4, 0.5) is 13.2 Å². The third-order valence-corrected chi connectivity index (χ3v) is 5.78. The summed E-state index contributed by atoms with van der Waals surface area (Å²) in [5.41, 5.74) is 1.53. The molecule has 1 unspecified atom stereocenters. The lowest BCUT2D eigenvalue weighted by Gasteiger charge is -2.32. The molecule has 0 fully saturated rings. The molecule has 1 heterocycles. The van der Waals surface area contributed by atoms with Crippen LogP contribution in [0.15, 0.2) is 53.4 Å². The number of nitrogens with zero attached hydrogens (tertiary/aromatic N) is 1. The van der Waals surface area contributed by atoms with E-state index in [9.17, 15) is 22.8 Å².